The molecule has 8 bridgehead atoms. The minimum Gasteiger partial charge on any atom is -0.508 e. The summed E-state index contributed by atoms with van der Waals surface area (Å²) in [6, 6.07) is 22.8. The molecule has 2 aromatic carbocycles. The Bertz CT molecular complexity index is 2070. The highest BCUT2D eigenvalue weighted by molar-refractivity contribution is 6.49. The number of benzene rings is 2. The first-order valence-electron chi connectivity index (χ1n) is 12.5. The number of aromatic nitrogens is 4. The summed E-state index contributed by atoms with van der Waals surface area (Å²) in [6.45, 7) is 0. The van der Waals surface area contributed by atoms with Crippen LogP contribution in [0.1, 0.15) is 22.8 Å². The molecule has 0 fully saturated rings. The average Bonchev–Trinajstić information content (AvgIpc) is 3.74. The topological polar surface area (TPSA) is 77.6 Å². The highest BCUT2D eigenvalue weighted by Crippen LogP contribution is 2.41. The smallest absolute Gasteiger partial charge is 0.116 e. The van der Waals surface area contributed by atoms with Gasteiger partial charge in [-0.15, -0.1) is 0 Å². The summed E-state index contributed by atoms with van der Waals surface area (Å²) < 4.78 is 0. The van der Waals surface area contributed by atoms with Gasteiger partial charge < -0.3 is 15.1 Å². The van der Waals surface area contributed by atoms with E-state index in [2.05, 4.69) is 9.97 Å². The monoisotopic (exact) mass is 580 g/mol. The van der Waals surface area contributed by atoms with Crippen LogP contribution in [0.5, 0.6) is 5.75 Å². The summed E-state index contributed by atoms with van der Waals surface area (Å²) in [4.78, 5) is 16.7. The maximum absolute atomic E-state index is 10.1. The molecule has 0 saturated heterocycles. The molecule has 0 saturated carbocycles. The van der Waals surface area contributed by atoms with E-state index >= 15 is 0 Å². The standard InChI is InChI=1S/C32H19Cl3N4O/c33-26-9-8-24(31(34)32(26)35)30-27-10-6-19(37-27)13-18-4-5-21(36-18)16-29-25(17-2-1-3-23(40)12-17)15-22(39-29)14-20-7-11-28(30)38-20/h1-16,37,39-40H. The van der Waals surface area contributed by atoms with E-state index in [-0.39, 0.29) is 5.75 Å². The third kappa shape index (κ3) is 4.48. The van der Waals surface area contributed by atoms with E-state index in [9.17, 15) is 5.11 Å². The number of fused-ring (bicyclic) bond motifs is 8. The highest BCUT2D eigenvalue weighted by atomic mass is 35.5. The van der Waals surface area contributed by atoms with Crippen molar-refractivity contribution in [3.8, 4) is 28.0 Å². The lowest BCUT2D eigenvalue weighted by Gasteiger charge is -2.09. The lowest BCUT2D eigenvalue weighted by molar-refractivity contribution is 0.475. The van der Waals surface area contributed by atoms with Crippen molar-refractivity contribution in [1.82, 2.24) is 19.9 Å². The van der Waals surface area contributed by atoms with Gasteiger partial charge in [-0.1, -0.05) is 53.0 Å². The fourth-order valence-electron chi connectivity index (χ4n) is 5.00. The van der Waals surface area contributed by atoms with E-state index in [1.807, 2.05) is 78.9 Å². The van der Waals surface area contributed by atoms with Gasteiger partial charge in [0.05, 0.1) is 37.8 Å². The Hall–Kier alpha value is -4.29. The van der Waals surface area contributed by atoms with Crippen LogP contribution < -0.4 is 0 Å². The Morgan fingerprint density at radius 3 is 2.20 bits per heavy atom. The van der Waals surface area contributed by atoms with Crippen LogP contribution in [-0.2, 0) is 0 Å². The van der Waals surface area contributed by atoms with Gasteiger partial charge >= 0.3 is 0 Å². The Kier molecular flexibility index (Phi) is 6.01. The molecular weight excluding hydrogens is 563 g/mol. The molecule has 0 radical (unpaired) electrons. The SMILES string of the molecule is Oc1cccc(-c2cc3cc4nc(c(-c5ccc(Cl)c(Cl)c5Cl)c5ccc(cc6nc(cc2[nH]3)C=C6)[nH]5)C=C4)c1. The normalized spacial score (nSPS) is 12.3. The largest absolute Gasteiger partial charge is 0.508 e. The predicted octanol–water partition coefficient (Wildman–Crippen LogP) is 9.66. The molecule has 0 amide bonds. The molecule has 0 atom stereocenters. The number of aromatic amines is 2. The van der Waals surface area contributed by atoms with Gasteiger partial charge in [0.2, 0.25) is 0 Å². The van der Waals surface area contributed by atoms with Gasteiger partial charge in [0.1, 0.15) is 5.75 Å². The van der Waals surface area contributed by atoms with E-state index < -0.39 is 0 Å². The van der Waals surface area contributed by atoms with Crippen LogP contribution in [0.3, 0.4) is 0 Å². The van der Waals surface area contributed by atoms with Crippen LogP contribution in [0.15, 0.2) is 72.8 Å². The fourth-order valence-corrected chi connectivity index (χ4v) is 5.63. The third-order valence-electron chi connectivity index (χ3n) is 6.81. The molecule has 2 aliphatic heterocycles. The number of halogens is 3. The maximum Gasteiger partial charge on any atom is 0.116 e. The summed E-state index contributed by atoms with van der Waals surface area (Å²) in [5.74, 6) is 0.202. The number of rotatable bonds is 2. The van der Waals surface area contributed by atoms with Crippen LogP contribution in [0.2, 0.25) is 15.1 Å². The number of phenolic OH excluding ortho intramolecular Hbond substituents is 1. The number of hydrogen-bond acceptors (Lipinski definition) is 3. The molecular formula is C32H19Cl3N4O. The van der Waals surface area contributed by atoms with Crippen molar-refractivity contribution in [3.05, 3.63) is 111 Å². The van der Waals surface area contributed by atoms with Crippen molar-refractivity contribution in [1.29, 1.82) is 0 Å². The second-order valence-corrected chi connectivity index (χ2v) is 10.7. The number of nitrogens with zero attached hydrogens (tertiary/aromatic N) is 2. The van der Waals surface area contributed by atoms with Crippen LogP contribution in [0.25, 0.3) is 68.6 Å². The minimum absolute atomic E-state index is 0.202. The van der Waals surface area contributed by atoms with Gasteiger partial charge in [-0.25, -0.2) is 9.97 Å². The highest BCUT2D eigenvalue weighted by Gasteiger charge is 2.17. The van der Waals surface area contributed by atoms with Gasteiger partial charge in [0, 0.05) is 38.8 Å². The van der Waals surface area contributed by atoms with Crippen molar-refractivity contribution in [2.24, 2.45) is 0 Å². The van der Waals surface area contributed by atoms with Crippen LogP contribution in [-0.4, -0.2) is 25.0 Å². The molecule has 40 heavy (non-hydrogen) atoms. The Morgan fingerprint density at radius 2 is 1.35 bits per heavy atom. The summed E-state index contributed by atoms with van der Waals surface area (Å²) in [7, 11) is 0. The van der Waals surface area contributed by atoms with E-state index in [0.717, 1.165) is 61.5 Å². The molecule has 5 aromatic rings. The summed E-state index contributed by atoms with van der Waals surface area (Å²) in [6.07, 6.45) is 7.86. The van der Waals surface area contributed by atoms with E-state index in [1.54, 1.807) is 18.2 Å². The number of nitrogens with one attached hydrogen (secondary N) is 2. The Morgan fingerprint density at radius 1 is 0.600 bits per heavy atom. The van der Waals surface area contributed by atoms with Gasteiger partial charge in [-0.3, -0.25) is 0 Å². The molecule has 0 unspecified atom stereocenters. The van der Waals surface area contributed by atoms with E-state index in [1.165, 1.54) is 0 Å². The lowest BCUT2D eigenvalue weighted by atomic mass is 10.0. The molecule has 7 rings (SSSR count). The van der Waals surface area contributed by atoms with Gasteiger partial charge in [0.15, 0.2) is 0 Å². The minimum atomic E-state index is 0.202. The molecule has 5 heterocycles. The Labute approximate surface area is 244 Å². The van der Waals surface area contributed by atoms with Gasteiger partial charge in [-0.2, -0.15) is 0 Å². The van der Waals surface area contributed by atoms with E-state index in [4.69, 9.17) is 44.8 Å². The van der Waals surface area contributed by atoms with Crippen molar-refractivity contribution in [2.45, 2.75) is 0 Å². The lowest BCUT2D eigenvalue weighted by Crippen LogP contribution is -1.88. The zero-order valence-electron chi connectivity index (χ0n) is 20.7. The zero-order chi connectivity index (χ0) is 27.4. The molecule has 3 aromatic heterocycles. The van der Waals surface area contributed by atoms with Gasteiger partial charge in [-0.05, 0) is 84.5 Å². The summed E-state index contributed by atoms with van der Waals surface area (Å²) >= 11 is 19.4. The number of phenols is 1. The molecule has 0 spiro atoms. The number of aromatic hydroxyl groups is 1. The van der Waals surface area contributed by atoms with Crippen molar-refractivity contribution in [3.63, 3.8) is 0 Å². The molecule has 194 valence electrons. The second-order valence-electron chi connectivity index (χ2n) is 9.51. The molecule has 3 N–H and O–H groups in total. The van der Waals surface area contributed by atoms with Crippen LogP contribution in [0, 0.1) is 0 Å². The summed E-state index contributed by atoms with van der Waals surface area (Å²) in [5, 5.41) is 11.2. The average molecular weight is 582 g/mol. The molecule has 8 heteroatoms. The van der Waals surface area contributed by atoms with E-state index in [0.29, 0.717) is 20.6 Å². The van der Waals surface area contributed by atoms with Gasteiger partial charge in [0.25, 0.3) is 0 Å². The maximum atomic E-state index is 10.1. The van der Waals surface area contributed by atoms with Crippen LogP contribution >= 0.6 is 34.8 Å². The molecule has 0 aliphatic carbocycles. The first-order valence-corrected chi connectivity index (χ1v) is 13.6. The third-order valence-corrected chi connectivity index (χ3v) is 8.10. The van der Waals surface area contributed by atoms with Crippen molar-refractivity contribution >= 4 is 81.2 Å². The Balaban J connectivity index is 1.57. The first-order chi connectivity index (χ1) is 19.4. The predicted molar refractivity (Wildman–Crippen MR) is 166 cm³/mol. The van der Waals surface area contributed by atoms with Crippen molar-refractivity contribution in [2.75, 3.05) is 0 Å². The molecule has 5 nitrogen and oxygen atoms in total. The second kappa shape index (κ2) is 9.72. The quantitative estimate of drug-likeness (QED) is 0.178. The zero-order valence-corrected chi connectivity index (χ0v) is 23.0. The number of H-pyrrole nitrogens is 2. The summed E-state index contributed by atoms with van der Waals surface area (Å²) in [5.41, 5.74) is 9.89. The van der Waals surface area contributed by atoms with Crippen LogP contribution in [0.4, 0.5) is 0 Å². The molecule has 2 aliphatic rings. The number of hydrogen-bond donors (Lipinski definition) is 3. The fraction of sp³-hybridized carbons (Fsp3) is 0. The van der Waals surface area contributed by atoms with Crippen molar-refractivity contribution < 1.29 is 5.11 Å². The first kappa shape index (κ1) is 24.7.